The third-order valence-corrected chi connectivity index (χ3v) is 4.65. The lowest BCUT2D eigenvalue weighted by Gasteiger charge is -2.32. The van der Waals surface area contributed by atoms with E-state index in [1.165, 1.54) is 0 Å². The minimum absolute atomic E-state index is 0.0636. The fourth-order valence-electron chi connectivity index (χ4n) is 2.45. The van der Waals surface area contributed by atoms with Crippen molar-refractivity contribution in [3.8, 4) is 0 Å². The number of nitrogens with zero attached hydrogens (tertiary/aromatic N) is 3. The molecule has 1 aliphatic heterocycles. The smallest absolute Gasteiger partial charge is 0.272 e. The molecule has 0 radical (unpaired) electrons. The molecule has 0 aliphatic carbocycles. The maximum Gasteiger partial charge on any atom is 0.272 e. The predicted octanol–water partition coefficient (Wildman–Crippen LogP) is 0.335. The van der Waals surface area contributed by atoms with Crippen molar-refractivity contribution >= 4 is 15.9 Å². The summed E-state index contributed by atoms with van der Waals surface area (Å²) in [6.45, 7) is 4.82. The summed E-state index contributed by atoms with van der Waals surface area (Å²) < 4.78 is 26.8. The molecule has 1 atom stereocenters. The zero-order valence-electron chi connectivity index (χ0n) is 12.0. The molecule has 2 rings (SSSR count). The minimum atomic E-state index is -3.41. The lowest BCUT2D eigenvalue weighted by atomic mass is 9.98. The van der Waals surface area contributed by atoms with E-state index in [0.717, 1.165) is 18.2 Å². The molecule has 8 heteroatoms. The van der Waals surface area contributed by atoms with Crippen LogP contribution >= 0.6 is 0 Å². The van der Waals surface area contributed by atoms with E-state index in [1.54, 1.807) is 28.9 Å². The first-order valence-corrected chi connectivity index (χ1v) is 8.37. The molecule has 1 saturated heterocycles. The molecule has 1 amide bonds. The van der Waals surface area contributed by atoms with E-state index in [2.05, 4.69) is 16.4 Å². The second-order valence-corrected chi connectivity index (χ2v) is 6.87. The van der Waals surface area contributed by atoms with Gasteiger partial charge in [-0.05, 0) is 24.8 Å². The summed E-state index contributed by atoms with van der Waals surface area (Å²) >= 11 is 0. The SMILES string of the molecule is C=CS(=O)(=O)NC[C@H]1CCCN(C(=O)c2ccnn2C)C1. The maximum absolute atomic E-state index is 12.4. The third kappa shape index (κ3) is 3.92. The van der Waals surface area contributed by atoms with Crippen molar-refractivity contribution in [2.24, 2.45) is 13.0 Å². The van der Waals surface area contributed by atoms with E-state index < -0.39 is 10.0 Å². The molecular formula is C13H20N4O3S. The van der Waals surface area contributed by atoms with Crippen molar-refractivity contribution in [2.75, 3.05) is 19.6 Å². The van der Waals surface area contributed by atoms with E-state index in [1.807, 2.05) is 0 Å². The number of piperidine rings is 1. The van der Waals surface area contributed by atoms with Crippen molar-refractivity contribution in [2.45, 2.75) is 12.8 Å². The number of likely N-dealkylation sites (tertiary alicyclic amines) is 1. The molecule has 7 nitrogen and oxygen atoms in total. The van der Waals surface area contributed by atoms with E-state index in [9.17, 15) is 13.2 Å². The molecule has 1 aromatic rings. The Morgan fingerprint density at radius 2 is 2.38 bits per heavy atom. The van der Waals surface area contributed by atoms with Crippen LogP contribution in [0.25, 0.3) is 0 Å². The number of amides is 1. The highest BCUT2D eigenvalue weighted by Crippen LogP contribution is 2.18. The maximum atomic E-state index is 12.4. The van der Waals surface area contributed by atoms with Gasteiger partial charge in [0.2, 0.25) is 10.0 Å². The molecular weight excluding hydrogens is 292 g/mol. The Labute approximate surface area is 124 Å². The highest BCUT2D eigenvalue weighted by molar-refractivity contribution is 7.92. The van der Waals surface area contributed by atoms with Crippen LogP contribution in [0.2, 0.25) is 0 Å². The Hall–Kier alpha value is -1.67. The third-order valence-electron chi connectivity index (χ3n) is 3.64. The van der Waals surface area contributed by atoms with Gasteiger partial charge in [-0.25, -0.2) is 13.1 Å². The number of rotatable bonds is 5. The fourth-order valence-corrected chi connectivity index (χ4v) is 3.04. The number of sulfonamides is 1. The Kier molecular flexibility index (Phi) is 4.79. The van der Waals surface area contributed by atoms with Gasteiger partial charge in [0.05, 0.1) is 0 Å². The van der Waals surface area contributed by atoms with Gasteiger partial charge in [-0.1, -0.05) is 6.58 Å². The Balaban J connectivity index is 1.96. The van der Waals surface area contributed by atoms with Gasteiger partial charge in [-0.15, -0.1) is 0 Å². The Morgan fingerprint density at radius 1 is 1.62 bits per heavy atom. The van der Waals surface area contributed by atoms with Gasteiger partial charge in [-0.2, -0.15) is 5.10 Å². The molecule has 21 heavy (non-hydrogen) atoms. The second-order valence-electron chi connectivity index (χ2n) is 5.16. The number of carbonyl (C=O) groups excluding carboxylic acids is 1. The normalized spacial score (nSPS) is 19.5. The predicted molar refractivity (Wildman–Crippen MR) is 79.0 cm³/mol. The summed E-state index contributed by atoms with van der Waals surface area (Å²) in [4.78, 5) is 14.2. The summed E-state index contributed by atoms with van der Waals surface area (Å²) in [5.41, 5.74) is 0.544. The average Bonchev–Trinajstić information content (AvgIpc) is 2.91. The molecule has 2 heterocycles. The van der Waals surface area contributed by atoms with Crippen LogP contribution in [0.3, 0.4) is 0 Å². The summed E-state index contributed by atoms with van der Waals surface area (Å²) in [5.74, 6) is 0.0527. The van der Waals surface area contributed by atoms with E-state index in [-0.39, 0.29) is 11.8 Å². The highest BCUT2D eigenvalue weighted by atomic mass is 32.2. The summed E-state index contributed by atoms with van der Waals surface area (Å²) in [6.07, 6.45) is 3.35. The van der Waals surface area contributed by atoms with Gasteiger partial charge < -0.3 is 4.90 Å². The van der Waals surface area contributed by atoms with E-state index in [4.69, 9.17) is 0 Å². The van der Waals surface area contributed by atoms with Crippen LogP contribution in [0.5, 0.6) is 0 Å². The summed E-state index contributed by atoms with van der Waals surface area (Å²) in [6, 6.07) is 1.69. The topological polar surface area (TPSA) is 84.3 Å². The number of hydrogen-bond acceptors (Lipinski definition) is 4. The van der Waals surface area contributed by atoms with Crippen molar-refractivity contribution < 1.29 is 13.2 Å². The Bertz CT molecular complexity index is 623. The molecule has 1 aliphatic rings. The van der Waals surface area contributed by atoms with E-state index in [0.29, 0.717) is 25.3 Å². The van der Waals surface area contributed by atoms with Gasteiger partial charge in [0, 0.05) is 38.3 Å². The monoisotopic (exact) mass is 312 g/mol. The summed E-state index contributed by atoms with van der Waals surface area (Å²) in [5, 5.41) is 4.89. The number of nitrogens with one attached hydrogen (secondary N) is 1. The number of aryl methyl sites for hydroxylation is 1. The van der Waals surface area contributed by atoms with Crippen molar-refractivity contribution in [1.29, 1.82) is 0 Å². The van der Waals surface area contributed by atoms with Crippen molar-refractivity contribution in [3.63, 3.8) is 0 Å². The average molecular weight is 312 g/mol. The lowest BCUT2D eigenvalue weighted by Crippen LogP contribution is -2.44. The largest absolute Gasteiger partial charge is 0.337 e. The Morgan fingerprint density at radius 3 is 3.00 bits per heavy atom. The standard InChI is InChI=1S/C13H20N4O3S/c1-3-21(19,20)15-9-11-5-4-8-17(10-11)13(18)12-6-7-14-16(12)2/h3,6-7,11,15H,1,4-5,8-10H2,2H3/t11-/m1/s1. The quantitative estimate of drug-likeness (QED) is 0.849. The first-order chi connectivity index (χ1) is 9.93. The number of carbonyl (C=O) groups is 1. The van der Waals surface area contributed by atoms with Crippen LogP contribution in [0, 0.1) is 5.92 Å². The van der Waals surface area contributed by atoms with Crippen LogP contribution in [0.4, 0.5) is 0 Å². The zero-order valence-corrected chi connectivity index (χ0v) is 12.8. The fraction of sp³-hybridized carbons (Fsp3) is 0.538. The lowest BCUT2D eigenvalue weighted by molar-refractivity contribution is 0.0665. The van der Waals surface area contributed by atoms with Gasteiger partial charge in [0.15, 0.2) is 0 Å². The van der Waals surface area contributed by atoms with Crippen LogP contribution in [0.15, 0.2) is 24.3 Å². The summed E-state index contributed by atoms with van der Waals surface area (Å²) in [7, 11) is -1.68. The number of hydrogen-bond donors (Lipinski definition) is 1. The molecule has 0 aromatic carbocycles. The van der Waals surface area contributed by atoms with Crippen LogP contribution in [-0.2, 0) is 17.1 Å². The zero-order chi connectivity index (χ0) is 15.5. The van der Waals surface area contributed by atoms with Crippen LogP contribution in [0.1, 0.15) is 23.3 Å². The molecule has 0 bridgehead atoms. The first kappa shape index (κ1) is 15.7. The molecule has 0 saturated carbocycles. The second kappa shape index (κ2) is 6.40. The van der Waals surface area contributed by atoms with Crippen LogP contribution < -0.4 is 4.72 Å². The van der Waals surface area contributed by atoms with Crippen molar-refractivity contribution in [1.82, 2.24) is 19.4 Å². The highest BCUT2D eigenvalue weighted by Gasteiger charge is 2.26. The molecule has 1 N–H and O–H groups in total. The minimum Gasteiger partial charge on any atom is -0.337 e. The molecule has 0 unspecified atom stereocenters. The van der Waals surface area contributed by atoms with Crippen molar-refractivity contribution in [3.05, 3.63) is 29.9 Å². The molecule has 1 fully saturated rings. The van der Waals surface area contributed by atoms with E-state index >= 15 is 0 Å². The van der Waals surface area contributed by atoms with Crippen LogP contribution in [-0.4, -0.2) is 48.6 Å². The van der Waals surface area contributed by atoms with Gasteiger partial charge in [0.1, 0.15) is 5.69 Å². The molecule has 0 spiro atoms. The first-order valence-electron chi connectivity index (χ1n) is 6.82. The van der Waals surface area contributed by atoms with Gasteiger partial charge in [-0.3, -0.25) is 9.48 Å². The molecule has 1 aromatic heterocycles. The van der Waals surface area contributed by atoms with Gasteiger partial charge >= 0.3 is 0 Å². The number of aromatic nitrogens is 2. The van der Waals surface area contributed by atoms with Gasteiger partial charge in [0.25, 0.3) is 5.91 Å². The molecule has 116 valence electrons.